The standard InChI is InChI=1S/C14H21BrN2/c1-10-4-5-13(12(15)8-10)17-7-6-11(9-16)14(17,2)3/h4-5,8,11H,6-7,9,16H2,1-3H3. The molecule has 17 heavy (non-hydrogen) atoms. The van der Waals surface area contributed by atoms with Crippen molar-refractivity contribution in [3.05, 3.63) is 28.2 Å². The number of benzene rings is 1. The SMILES string of the molecule is Cc1ccc(N2CCC(CN)C2(C)C)c(Br)c1. The van der Waals surface area contributed by atoms with Gasteiger partial charge in [-0.05, 0) is 73.3 Å². The summed E-state index contributed by atoms with van der Waals surface area (Å²) in [7, 11) is 0. The smallest absolute Gasteiger partial charge is 0.0515 e. The first-order chi connectivity index (χ1) is 7.96. The van der Waals surface area contributed by atoms with E-state index in [0.29, 0.717) is 5.92 Å². The molecule has 0 aromatic heterocycles. The second-order valence-electron chi connectivity index (χ2n) is 5.48. The second kappa shape index (κ2) is 4.62. The minimum Gasteiger partial charge on any atom is -0.365 e. The van der Waals surface area contributed by atoms with Gasteiger partial charge in [0.1, 0.15) is 0 Å². The molecule has 0 bridgehead atoms. The quantitative estimate of drug-likeness (QED) is 0.907. The molecule has 1 atom stereocenters. The number of hydrogen-bond donors (Lipinski definition) is 1. The Morgan fingerprint density at radius 3 is 2.71 bits per heavy atom. The molecule has 1 aliphatic heterocycles. The molecular formula is C14H21BrN2. The van der Waals surface area contributed by atoms with Crippen molar-refractivity contribution < 1.29 is 0 Å². The third-order valence-corrected chi connectivity index (χ3v) is 4.71. The fourth-order valence-corrected chi connectivity index (χ4v) is 3.52. The van der Waals surface area contributed by atoms with Gasteiger partial charge < -0.3 is 10.6 Å². The predicted octanol–water partition coefficient (Wildman–Crippen LogP) is 3.32. The zero-order valence-electron chi connectivity index (χ0n) is 10.8. The molecule has 1 heterocycles. The molecule has 94 valence electrons. The average Bonchev–Trinajstić information content (AvgIpc) is 2.54. The van der Waals surface area contributed by atoms with Gasteiger partial charge in [0.25, 0.3) is 0 Å². The zero-order valence-corrected chi connectivity index (χ0v) is 12.4. The van der Waals surface area contributed by atoms with Gasteiger partial charge in [-0.2, -0.15) is 0 Å². The lowest BCUT2D eigenvalue weighted by Gasteiger charge is -2.38. The van der Waals surface area contributed by atoms with Crippen molar-refractivity contribution >= 4 is 21.6 Å². The fraction of sp³-hybridized carbons (Fsp3) is 0.571. The Morgan fingerprint density at radius 2 is 2.18 bits per heavy atom. The van der Waals surface area contributed by atoms with Crippen LogP contribution in [0.15, 0.2) is 22.7 Å². The molecule has 0 aliphatic carbocycles. The van der Waals surface area contributed by atoms with Gasteiger partial charge in [0, 0.05) is 16.6 Å². The van der Waals surface area contributed by atoms with Crippen LogP contribution in [0.4, 0.5) is 5.69 Å². The molecular weight excluding hydrogens is 276 g/mol. The van der Waals surface area contributed by atoms with Gasteiger partial charge in [0.05, 0.1) is 5.69 Å². The number of anilines is 1. The average molecular weight is 297 g/mol. The van der Waals surface area contributed by atoms with E-state index in [0.717, 1.165) is 13.1 Å². The van der Waals surface area contributed by atoms with Crippen LogP contribution in [0, 0.1) is 12.8 Å². The molecule has 2 N–H and O–H groups in total. The first kappa shape index (κ1) is 12.9. The van der Waals surface area contributed by atoms with E-state index in [4.69, 9.17) is 5.73 Å². The summed E-state index contributed by atoms with van der Waals surface area (Å²) in [6.07, 6.45) is 1.18. The summed E-state index contributed by atoms with van der Waals surface area (Å²) < 4.78 is 1.18. The molecule has 0 radical (unpaired) electrons. The van der Waals surface area contributed by atoms with Crippen molar-refractivity contribution in [2.24, 2.45) is 11.7 Å². The lowest BCUT2D eigenvalue weighted by Crippen LogP contribution is -2.45. The van der Waals surface area contributed by atoms with Crippen LogP contribution < -0.4 is 10.6 Å². The summed E-state index contributed by atoms with van der Waals surface area (Å²) in [5.74, 6) is 0.579. The van der Waals surface area contributed by atoms with Crippen LogP contribution in [0.5, 0.6) is 0 Å². The second-order valence-corrected chi connectivity index (χ2v) is 6.34. The van der Waals surface area contributed by atoms with Crippen LogP contribution in [0.2, 0.25) is 0 Å². The molecule has 1 aromatic carbocycles. The van der Waals surface area contributed by atoms with Crippen molar-refractivity contribution in [2.75, 3.05) is 18.0 Å². The van der Waals surface area contributed by atoms with Gasteiger partial charge in [0.2, 0.25) is 0 Å². The van der Waals surface area contributed by atoms with Gasteiger partial charge in [-0.3, -0.25) is 0 Å². The zero-order chi connectivity index (χ0) is 12.6. The first-order valence-electron chi connectivity index (χ1n) is 6.20. The molecule has 1 fully saturated rings. The van der Waals surface area contributed by atoms with Crippen LogP contribution >= 0.6 is 15.9 Å². The molecule has 2 nitrogen and oxygen atoms in total. The Kier molecular flexibility index (Phi) is 3.50. The monoisotopic (exact) mass is 296 g/mol. The summed E-state index contributed by atoms with van der Waals surface area (Å²) in [6, 6.07) is 6.56. The summed E-state index contributed by atoms with van der Waals surface area (Å²) in [5, 5.41) is 0. The van der Waals surface area contributed by atoms with E-state index in [2.05, 4.69) is 59.8 Å². The maximum atomic E-state index is 5.87. The number of nitrogens with two attached hydrogens (primary N) is 1. The van der Waals surface area contributed by atoms with E-state index in [1.807, 2.05) is 0 Å². The third-order valence-electron chi connectivity index (χ3n) is 4.07. The number of aryl methyl sites for hydroxylation is 1. The normalized spacial score (nSPS) is 23.1. The summed E-state index contributed by atoms with van der Waals surface area (Å²) in [5.41, 5.74) is 8.59. The maximum Gasteiger partial charge on any atom is 0.0515 e. The minimum atomic E-state index is 0.145. The largest absolute Gasteiger partial charge is 0.365 e. The predicted molar refractivity (Wildman–Crippen MR) is 77.5 cm³/mol. The van der Waals surface area contributed by atoms with Gasteiger partial charge in [-0.25, -0.2) is 0 Å². The van der Waals surface area contributed by atoms with E-state index in [9.17, 15) is 0 Å². The van der Waals surface area contributed by atoms with Gasteiger partial charge in [-0.15, -0.1) is 0 Å². The van der Waals surface area contributed by atoms with E-state index in [-0.39, 0.29) is 5.54 Å². The highest BCUT2D eigenvalue weighted by Crippen LogP contribution is 2.40. The molecule has 0 saturated carbocycles. The van der Waals surface area contributed by atoms with Crippen molar-refractivity contribution in [1.29, 1.82) is 0 Å². The van der Waals surface area contributed by atoms with Crippen LogP contribution in [-0.2, 0) is 0 Å². The molecule has 2 rings (SSSR count). The van der Waals surface area contributed by atoms with E-state index in [1.165, 1.54) is 22.1 Å². The molecule has 1 saturated heterocycles. The number of hydrogen-bond acceptors (Lipinski definition) is 2. The van der Waals surface area contributed by atoms with Crippen LogP contribution in [0.3, 0.4) is 0 Å². The van der Waals surface area contributed by atoms with E-state index in [1.54, 1.807) is 0 Å². The van der Waals surface area contributed by atoms with Crippen LogP contribution in [0.25, 0.3) is 0 Å². The Hall–Kier alpha value is -0.540. The summed E-state index contributed by atoms with van der Waals surface area (Å²) in [4.78, 5) is 2.48. The van der Waals surface area contributed by atoms with Crippen LogP contribution in [0.1, 0.15) is 25.8 Å². The molecule has 1 aliphatic rings. The Balaban J connectivity index is 2.35. The van der Waals surface area contributed by atoms with Gasteiger partial charge >= 0.3 is 0 Å². The Labute approximate surface area is 112 Å². The maximum absolute atomic E-state index is 5.87. The molecule has 0 spiro atoms. The number of nitrogens with zero attached hydrogens (tertiary/aromatic N) is 1. The molecule has 0 amide bonds. The minimum absolute atomic E-state index is 0.145. The molecule has 1 aromatic rings. The first-order valence-corrected chi connectivity index (χ1v) is 7.00. The van der Waals surface area contributed by atoms with Crippen LogP contribution in [-0.4, -0.2) is 18.6 Å². The molecule has 3 heteroatoms. The van der Waals surface area contributed by atoms with Crippen molar-refractivity contribution in [1.82, 2.24) is 0 Å². The summed E-state index contributed by atoms with van der Waals surface area (Å²) >= 11 is 3.68. The highest BCUT2D eigenvalue weighted by atomic mass is 79.9. The fourth-order valence-electron chi connectivity index (χ4n) is 2.81. The number of halogens is 1. The van der Waals surface area contributed by atoms with Crippen molar-refractivity contribution in [3.8, 4) is 0 Å². The Morgan fingerprint density at radius 1 is 1.47 bits per heavy atom. The highest BCUT2D eigenvalue weighted by molar-refractivity contribution is 9.10. The van der Waals surface area contributed by atoms with Gasteiger partial charge in [0.15, 0.2) is 0 Å². The highest BCUT2D eigenvalue weighted by Gasteiger charge is 2.40. The lowest BCUT2D eigenvalue weighted by molar-refractivity contribution is 0.373. The number of rotatable bonds is 2. The van der Waals surface area contributed by atoms with E-state index < -0.39 is 0 Å². The summed E-state index contributed by atoms with van der Waals surface area (Å²) in [6.45, 7) is 8.57. The molecule has 1 unspecified atom stereocenters. The topological polar surface area (TPSA) is 29.3 Å². The third kappa shape index (κ3) is 2.23. The van der Waals surface area contributed by atoms with Gasteiger partial charge in [-0.1, -0.05) is 6.07 Å². The van der Waals surface area contributed by atoms with Crippen molar-refractivity contribution in [2.45, 2.75) is 32.7 Å². The van der Waals surface area contributed by atoms with E-state index >= 15 is 0 Å². The van der Waals surface area contributed by atoms with Crippen molar-refractivity contribution in [3.63, 3.8) is 0 Å². The Bertz CT molecular complexity index is 415. The lowest BCUT2D eigenvalue weighted by atomic mass is 9.88.